The number of imidazole rings is 1. The van der Waals surface area contributed by atoms with Crippen LogP contribution in [0.25, 0.3) is 0 Å². The molecule has 1 N–H and O–H groups in total. The maximum Gasteiger partial charge on any atom is 0.406 e. The molecule has 0 radical (unpaired) electrons. The molecule has 0 saturated carbocycles. The van der Waals surface area contributed by atoms with Crippen molar-refractivity contribution in [3.05, 3.63) is 18.2 Å². The maximum atomic E-state index is 12.6. The molecule has 1 aromatic heterocycles. The monoisotopic (exact) mass is 330 g/mol. The van der Waals surface area contributed by atoms with Crippen LogP contribution in [-0.2, 0) is 9.59 Å². The third-order valence-corrected chi connectivity index (χ3v) is 4.30. The van der Waals surface area contributed by atoms with E-state index in [2.05, 4.69) is 9.97 Å². The first kappa shape index (κ1) is 15.8. The second-order valence-corrected chi connectivity index (χ2v) is 5.95. The summed E-state index contributed by atoms with van der Waals surface area (Å²) in [7, 11) is 0. The Labute approximate surface area is 130 Å². The van der Waals surface area contributed by atoms with Gasteiger partial charge in [-0.3, -0.25) is 9.59 Å². The molecule has 6 nitrogen and oxygen atoms in total. The number of hydrogen-bond donors (Lipinski definition) is 1. The van der Waals surface area contributed by atoms with Gasteiger partial charge in [0.25, 0.3) is 0 Å². The molecule has 0 spiro atoms. The summed E-state index contributed by atoms with van der Waals surface area (Å²) >= 11 is 0. The van der Waals surface area contributed by atoms with Crippen LogP contribution in [0.3, 0.4) is 0 Å². The number of aromatic nitrogens is 2. The molecule has 0 aliphatic carbocycles. The number of carbonyl (C=O) groups excluding carboxylic acids is 2. The Balaban J connectivity index is 1.68. The standard InChI is InChI=1S/C14H17F3N4O2/c15-14(16,17)8-20-7-9(6-11(20)22)13(23)21-5-1-2-10(21)12-18-3-4-19-12/h3-4,9-10H,1-2,5-8H2,(H,18,19)/t9-,10+/m0/s1. The van der Waals surface area contributed by atoms with E-state index in [9.17, 15) is 22.8 Å². The van der Waals surface area contributed by atoms with Gasteiger partial charge in [-0.15, -0.1) is 0 Å². The van der Waals surface area contributed by atoms with E-state index in [1.54, 1.807) is 17.3 Å². The van der Waals surface area contributed by atoms with E-state index in [1.807, 2.05) is 0 Å². The van der Waals surface area contributed by atoms with E-state index in [0.717, 1.165) is 17.7 Å². The smallest absolute Gasteiger partial charge is 0.347 e. The van der Waals surface area contributed by atoms with Gasteiger partial charge in [-0.05, 0) is 12.8 Å². The number of alkyl halides is 3. The average molecular weight is 330 g/mol. The van der Waals surface area contributed by atoms with Crippen LogP contribution >= 0.6 is 0 Å². The number of halogens is 3. The fourth-order valence-electron chi connectivity index (χ4n) is 3.32. The molecule has 2 aliphatic rings. The van der Waals surface area contributed by atoms with E-state index in [-0.39, 0.29) is 24.9 Å². The Morgan fingerprint density at radius 3 is 2.87 bits per heavy atom. The van der Waals surface area contributed by atoms with Crippen LogP contribution in [-0.4, -0.2) is 57.4 Å². The molecule has 23 heavy (non-hydrogen) atoms. The van der Waals surface area contributed by atoms with E-state index < -0.39 is 24.5 Å². The van der Waals surface area contributed by atoms with Crippen LogP contribution in [0.1, 0.15) is 31.1 Å². The number of carbonyl (C=O) groups is 2. The van der Waals surface area contributed by atoms with Gasteiger partial charge >= 0.3 is 6.18 Å². The zero-order valence-corrected chi connectivity index (χ0v) is 12.3. The summed E-state index contributed by atoms with van der Waals surface area (Å²) in [5, 5.41) is 0. The molecular weight excluding hydrogens is 313 g/mol. The van der Waals surface area contributed by atoms with Gasteiger partial charge in [0.05, 0.1) is 12.0 Å². The predicted octanol–water partition coefficient (Wildman–Crippen LogP) is 1.48. The Morgan fingerprint density at radius 2 is 2.22 bits per heavy atom. The highest BCUT2D eigenvalue weighted by molar-refractivity contribution is 5.89. The SMILES string of the molecule is O=C1C[C@H](C(=O)N2CCC[C@@H]2c2ncc[nH]2)CN1CC(F)(F)F. The minimum Gasteiger partial charge on any atom is -0.347 e. The molecule has 3 heterocycles. The van der Waals surface area contributed by atoms with Crippen molar-refractivity contribution in [1.82, 2.24) is 19.8 Å². The zero-order chi connectivity index (χ0) is 16.6. The molecule has 2 atom stereocenters. The van der Waals surface area contributed by atoms with Gasteiger partial charge in [-0.25, -0.2) is 4.98 Å². The van der Waals surface area contributed by atoms with E-state index in [4.69, 9.17) is 0 Å². The van der Waals surface area contributed by atoms with E-state index in [0.29, 0.717) is 12.4 Å². The third kappa shape index (κ3) is 3.32. The number of nitrogens with zero attached hydrogens (tertiary/aromatic N) is 3. The molecule has 1 aromatic rings. The lowest BCUT2D eigenvalue weighted by molar-refractivity contribution is -0.157. The summed E-state index contributed by atoms with van der Waals surface area (Å²) in [6.07, 6.45) is 0.228. The number of hydrogen-bond acceptors (Lipinski definition) is 3. The van der Waals surface area contributed by atoms with Gasteiger partial charge in [-0.1, -0.05) is 0 Å². The minimum absolute atomic E-state index is 0.156. The molecule has 2 fully saturated rings. The maximum absolute atomic E-state index is 12.6. The van der Waals surface area contributed by atoms with Crippen LogP contribution in [0.15, 0.2) is 12.4 Å². The van der Waals surface area contributed by atoms with Crippen LogP contribution < -0.4 is 0 Å². The van der Waals surface area contributed by atoms with E-state index in [1.165, 1.54) is 0 Å². The highest BCUT2D eigenvalue weighted by Crippen LogP contribution is 2.33. The van der Waals surface area contributed by atoms with Crippen molar-refractivity contribution in [2.75, 3.05) is 19.6 Å². The zero-order valence-electron chi connectivity index (χ0n) is 12.3. The summed E-state index contributed by atoms with van der Waals surface area (Å²) in [5.74, 6) is -0.913. The predicted molar refractivity (Wildman–Crippen MR) is 73.0 cm³/mol. The Kier molecular flexibility index (Phi) is 4.03. The van der Waals surface area contributed by atoms with Gasteiger partial charge in [-0.2, -0.15) is 13.2 Å². The van der Waals surface area contributed by atoms with Gasteiger partial charge in [0.2, 0.25) is 11.8 Å². The summed E-state index contributed by atoms with van der Waals surface area (Å²) < 4.78 is 37.4. The van der Waals surface area contributed by atoms with Crippen molar-refractivity contribution in [2.24, 2.45) is 5.92 Å². The van der Waals surface area contributed by atoms with Crippen molar-refractivity contribution in [1.29, 1.82) is 0 Å². The number of likely N-dealkylation sites (tertiary alicyclic amines) is 2. The Morgan fingerprint density at radius 1 is 1.43 bits per heavy atom. The van der Waals surface area contributed by atoms with Crippen LogP contribution in [0, 0.1) is 5.92 Å². The molecule has 0 bridgehead atoms. The molecule has 3 rings (SSSR count). The number of aromatic amines is 1. The molecule has 2 amide bonds. The first-order valence-electron chi connectivity index (χ1n) is 7.49. The first-order valence-corrected chi connectivity index (χ1v) is 7.49. The van der Waals surface area contributed by atoms with Crippen molar-refractivity contribution < 1.29 is 22.8 Å². The van der Waals surface area contributed by atoms with Crippen LogP contribution in [0.2, 0.25) is 0 Å². The first-order chi connectivity index (χ1) is 10.8. The summed E-state index contributed by atoms with van der Waals surface area (Å²) in [6.45, 7) is -0.927. The van der Waals surface area contributed by atoms with E-state index >= 15 is 0 Å². The van der Waals surface area contributed by atoms with Gasteiger partial charge < -0.3 is 14.8 Å². The topological polar surface area (TPSA) is 69.3 Å². The van der Waals surface area contributed by atoms with Crippen molar-refractivity contribution >= 4 is 11.8 Å². The fourth-order valence-corrected chi connectivity index (χ4v) is 3.32. The van der Waals surface area contributed by atoms with Crippen LogP contribution in [0.5, 0.6) is 0 Å². The Bertz CT molecular complexity index is 587. The number of rotatable bonds is 3. The fraction of sp³-hybridized carbons (Fsp3) is 0.643. The van der Waals surface area contributed by atoms with Crippen molar-refractivity contribution in [2.45, 2.75) is 31.5 Å². The molecule has 2 saturated heterocycles. The van der Waals surface area contributed by atoms with Crippen molar-refractivity contribution in [3.63, 3.8) is 0 Å². The normalized spacial score (nSPS) is 25.4. The van der Waals surface area contributed by atoms with Gasteiger partial charge in [0, 0.05) is 31.9 Å². The quantitative estimate of drug-likeness (QED) is 0.913. The average Bonchev–Trinajstić information content (AvgIpc) is 3.16. The van der Waals surface area contributed by atoms with Crippen LogP contribution in [0.4, 0.5) is 13.2 Å². The second-order valence-electron chi connectivity index (χ2n) is 5.95. The number of amides is 2. The highest BCUT2D eigenvalue weighted by atomic mass is 19.4. The lowest BCUT2D eigenvalue weighted by Crippen LogP contribution is -2.39. The molecule has 9 heteroatoms. The molecular formula is C14H17F3N4O2. The largest absolute Gasteiger partial charge is 0.406 e. The molecule has 0 unspecified atom stereocenters. The van der Waals surface area contributed by atoms with Crippen molar-refractivity contribution in [3.8, 4) is 0 Å². The third-order valence-electron chi connectivity index (χ3n) is 4.30. The minimum atomic E-state index is -4.45. The molecule has 0 aromatic carbocycles. The second kappa shape index (κ2) is 5.86. The highest BCUT2D eigenvalue weighted by Gasteiger charge is 2.43. The number of H-pyrrole nitrogens is 1. The Hall–Kier alpha value is -2.06. The summed E-state index contributed by atoms with van der Waals surface area (Å²) in [4.78, 5) is 33.9. The summed E-state index contributed by atoms with van der Waals surface area (Å²) in [6, 6.07) is -0.190. The lowest BCUT2D eigenvalue weighted by Gasteiger charge is -2.26. The molecule has 2 aliphatic heterocycles. The summed E-state index contributed by atoms with van der Waals surface area (Å²) in [5.41, 5.74) is 0. The number of nitrogens with one attached hydrogen (secondary N) is 1. The molecule has 126 valence electrons. The lowest BCUT2D eigenvalue weighted by atomic mass is 10.1. The van der Waals surface area contributed by atoms with Gasteiger partial charge in [0.15, 0.2) is 0 Å². The van der Waals surface area contributed by atoms with Gasteiger partial charge in [0.1, 0.15) is 12.4 Å².